The minimum Gasteiger partial charge on any atom is -0.508 e. The molecule has 1 saturated carbocycles. The number of ether oxygens (including phenoxy) is 1. The van der Waals surface area contributed by atoms with Crippen LogP contribution in [0.25, 0.3) is 0 Å². The molecule has 108 valence electrons. The van der Waals surface area contributed by atoms with E-state index in [1.807, 2.05) is 6.92 Å². The molecule has 1 aromatic carbocycles. The number of phenols is 1. The monoisotopic (exact) mass is 278 g/mol. The summed E-state index contributed by atoms with van der Waals surface area (Å²) >= 11 is 0. The van der Waals surface area contributed by atoms with Crippen LogP contribution in [0.1, 0.15) is 37.8 Å². The number of hydrogen-bond acceptors (Lipinski definition) is 5. The van der Waals surface area contributed by atoms with Crippen molar-refractivity contribution < 1.29 is 24.9 Å². The van der Waals surface area contributed by atoms with Gasteiger partial charge in [0.05, 0.1) is 18.1 Å². The number of aromatic hydroxyl groups is 1. The first-order valence-corrected chi connectivity index (χ1v) is 6.69. The average Bonchev–Trinajstić information content (AvgIpc) is 2.62. The summed E-state index contributed by atoms with van der Waals surface area (Å²) in [5, 5.41) is 29.1. The van der Waals surface area contributed by atoms with Crippen molar-refractivity contribution in [2.45, 2.75) is 44.8 Å². The summed E-state index contributed by atoms with van der Waals surface area (Å²) < 4.78 is 5.39. The Morgan fingerprint density at radius 3 is 2.60 bits per heavy atom. The van der Waals surface area contributed by atoms with Gasteiger partial charge in [0.2, 0.25) is 0 Å². The molecule has 5 heteroatoms. The summed E-state index contributed by atoms with van der Waals surface area (Å²) in [6.45, 7) is 3.39. The van der Waals surface area contributed by atoms with E-state index in [1.54, 1.807) is 13.0 Å². The summed E-state index contributed by atoms with van der Waals surface area (Å²) in [7, 11) is 0. The van der Waals surface area contributed by atoms with E-state index >= 15 is 0 Å². The van der Waals surface area contributed by atoms with Gasteiger partial charge in [-0.05, 0) is 31.9 Å². The van der Waals surface area contributed by atoms with Gasteiger partial charge in [0.15, 0.2) is 0 Å². The van der Waals surface area contributed by atoms with Crippen molar-refractivity contribution in [2.24, 2.45) is 5.41 Å². The molecule has 0 bridgehead atoms. The van der Waals surface area contributed by atoms with Crippen molar-refractivity contribution in [3.05, 3.63) is 23.3 Å². The van der Waals surface area contributed by atoms with Gasteiger partial charge in [0, 0.05) is 16.5 Å². The maximum Gasteiger partial charge on any atom is 0.318 e. The fraction of sp³-hybridized carbons (Fsp3) is 0.533. The van der Waals surface area contributed by atoms with Crippen LogP contribution in [0.3, 0.4) is 0 Å². The molecular weight excluding hydrogens is 260 g/mol. The maximum atomic E-state index is 12.3. The minimum atomic E-state index is -0.799. The Morgan fingerprint density at radius 2 is 1.95 bits per heavy atom. The third-order valence-corrected chi connectivity index (χ3v) is 5.10. The number of benzene rings is 1. The zero-order valence-electron chi connectivity index (χ0n) is 11.5. The molecule has 1 aliphatic carbocycles. The Balaban J connectivity index is 2.23. The Kier molecular flexibility index (Phi) is 2.65. The molecule has 0 aromatic heterocycles. The predicted molar refractivity (Wildman–Crippen MR) is 70.4 cm³/mol. The van der Waals surface area contributed by atoms with Gasteiger partial charge in [-0.2, -0.15) is 0 Å². The largest absolute Gasteiger partial charge is 0.508 e. The van der Waals surface area contributed by atoms with Gasteiger partial charge in [0.25, 0.3) is 0 Å². The Morgan fingerprint density at radius 1 is 1.30 bits per heavy atom. The molecule has 5 nitrogen and oxygen atoms in total. The van der Waals surface area contributed by atoms with E-state index in [0.717, 1.165) is 0 Å². The second-order valence-corrected chi connectivity index (χ2v) is 6.25. The van der Waals surface area contributed by atoms with Crippen molar-refractivity contribution in [3.8, 4) is 11.5 Å². The first-order chi connectivity index (χ1) is 9.31. The van der Waals surface area contributed by atoms with E-state index in [1.165, 1.54) is 6.07 Å². The zero-order valence-corrected chi connectivity index (χ0v) is 11.5. The van der Waals surface area contributed by atoms with E-state index in [4.69, 9.17) is 4.74 Å². The quantitative estimate of drug-likeness (QED) is 0.531. The number of aliphatic hydroxyl groups excluding tert-OH is 2. The van der Waals surface area contributed by atoms with Crippen LogP contribution in [0.15, 0.2) is 12.1 Å². The van der Waals surface area contributed by atoms with Gasteiger partial charge in [-0.3, -0.25) is 4.79 Å². The lowest BCUT2D eigenvalue weighted by molar-refractivity contribution is -0.150. The molecule has 0 unspecified atom stereocenters. The van der Waals surface area contributed by atoms with Crippen LogP contribution in [0, 0.1) is 5.41 Å². The third kappa shape index (κ3) is 1.47. The van der Waals surface area contributed by atoms with E-state index < -0.39 is 16.9 Å². The number of carbonyl (C=O) groups is 1. The van der Waals surface area contributed by atoms with Gasteiger partial charge in [-0.1, -0.05) is 6.92 Å². The van der Waals surface area contributed by atoms with Gasteiger partial charge < -0.3 is 20.1 Å². The summed E-state index contributed by atoms with van der Waals surface area (Å²) in [4.78, 5) is 12.3. The molecule has 1 aliphatic heterocycles. The van der Waals surface area contributed by atoms with Gasteiger partial charge in [-0.15, -0.1) is 0 Å². The van der Waals surface area contributed by atoms with Gasteiger partial charge >= 0.3 is 5.97 Å². The molecule has 0 amide bonds. The second-order valence-electron chi connectivity index (χ2n) is 6.25. The Labute approximate surface area is 116 Å². The number of rotatable bonds is 1. The summed E-state index contributed by atoms with van der Waals surface area (Å²) in [6.07, 6.45) is 0.233. The summed E-state index contributed by atoms with van der Waals surface area (Å²) in [5.74, 6) is -0.0151. The number of esters is 1. The zero-order chi connectivity index (χ0) is 14.7. The lowest BCUT2D eigenvalue weighted by Gasteiger charge is -2.43. The van der Waals surface area contributed by atoms with Crippen LogP contribution < -0.4 is 4.74 Å². The number of hydrogen-bond donors (Lipinski definition) is 3. The topological polar surface area (TPSA) is 87.0 Å². The predicted octanol–water partition coefficient (Wildman–Crippen LogP) is 1.22. The Bertz CT molecular complexity index is 596. The van der Waals surface area contributed by atoms with E-state index in [9.17, 15) is 20.1 Å². The van der Waals surface area contributed by atoms with Gasteiger partial charge in [-0.25, -0.2) is 0 Å². The smallest absolute Gasteiger partial charge is 0.318 e. The lowest BCUT2D eigenvalue weighted by Crippen LogP contribution is -2.48. The standard InChI is InChI=1S/C15H18O5/c1-14-5-9(17)6-15(14,2)13(19)20-12-3-8(7-16)11(18)4-10(12)14/h3-4,9,16-18H,5-7H2,1-2H3/t9-,14+,15+/m0/s1. The molecule has 3 N–H and O–H groups in total. The minimum absolute atomic E-state index is 0.0193. The van der Waals surface area contributed by atoms with Crippen molar-refractivity contribution in [1.29, 1.82) is 0 Å². The van der Waals surface area contributed by atoms with Crippen molar-refractivity contribution in [1.82, 2.24) is 0 Å². The van der Waals surface area contributed by atoms with Crippen LogP contribution in [0.4, 0.5) is 0 Å². The SMILES string of the molecule is C[C@]12C[C@@H](O)C[C@]1(C)c1cc(O)c(CO)cc1OC2=O. The van der Waals surface area contributed by atoms with Crippen LogP contribution >= 0.6 is 0 Å². The highest BCUT2D eigenvalue weighted by molar-refractivity contribution is 5.85. The molecule has 20 heavy (non-hydrogen) atoms. The van der Waals surface area contributed by atoms with Crippen LogP contribution in [-0.4, -0.2) is 27.4 Å². The highest BCUT2D eigenvalue weighted by Gasteiger charge is 2.61. The molecule has 1 aromatic rings. The highest BCUT2D eigenvalue weighted by atomic mass is 16.5. The molecule has 0 spiro atoms. The van der Waals surface area contributed by atoms with Crippen LogP contribution in [0.2, 0.25) is 0 Å². The van der Waals surface area contributed by atoms with Crippen LogP contribution in [0.5, 0.6) is 11.5 Å². The summed E-state index contributed by atoms with van der Waals surface area (Å²) in [5.41, 5.74) is -0.345. The van der Waals surface area contributed by atoms with E-state index in [-0.39, 0.29) is 18.3 Å². The molecular formula is C15H18O5. The Hall–Kier alpha value is -1.59. The molecule has 1 heterocycles. The third-order valence-electron chi connectivity index (χ3n) is 5.10. The van der Waals surface area contributed by atoms with Crippen molar-refractivity contribution in [3.63, 3.8) is 0 Å². The van der Waals surface area contributed by atoms with E-state index in [2.05, 4.69) is 0 Å². The first kappa shape index (κ1) is 13.4. The lowest BCUT2D eigenvalue weighted by atomic mass is 9.62. The van der Waals surface area contributed by atoms with Crippen LogP contribution in [-0.2, 0) is 16.8 Å². The fourth-order valence-corrected chi connectivity index (χ4v) is 3.65. The highest BCUT2D eigenvalue weighted by Crippen LogP contribution is 2.59. The average molecular weight is 278 g/mol. The molecule has 2 aliphatic rings. The van der Waals surface area contributed by atoms with E-state index in [0.29, 0.717) is 29.7 Å². The second kappa shape index (κ2) is 3.96. The molecule has 3 rings (SSSR count). The number of aliphatic hydroxyl groups is 2. The first-order valence-electron chi connectivity index (χ1n) is 6.69. The van der Waals surface area contributed by atoms with Crippen molar-refractivity contribution >= 4 is 5.97 Å². The van der Waals surface area contributed by atoms with Gasteiger partial charge in [0.1, 0.15) is 11.5 Å². The summed E-state index contributed by atoms with van der Waals surface area (Å²) in [6, 6.07) is 3.04. The normalized spacial score (nSPS) is 35.4. The molecule has 0 radical (unpaired) electrons. The molecule has 1 fully saturated rings. The fourth-order valence-electron chi connectivity index (χ4n) is 3.65. The molecule has 3 atom stereocenters. The van der Waals surface area contributed by atoms with Crippen molar-refractivity contribution in [2.75, 3.05) is 0 Å². The number of carbonyl (C=O) groups excluding carboxylic acids is 1. The number of fused-ring (bicyclic) bond motifs is 3. The maximum absolute atomic E-state index is 12.3. The molecule has 0 saturated heterocycles.